The second-order valence-electron chi connectivity index (χ2n) is 5.43. The van der Waals surface area contributed by atoms with Crippen LogP contribution in [0.3, 0.4) is 0 Å². The molecule has 2 aromatic rings. The van der Waals surface area contributed by atoms with Crippen LogP contribution in [-0.4, -0.2) is 23.4 Å². The van der Waals surface area contributed by atoms with Crippen molar-refractivity contribution in [2.45, 2.75) is 12.8 Å². The van der Waals surface area contributed by atoms with Crippen molar-refractivity contribution in [3.63, 3.8) is 0 Å². The fourth-order valence-corrected chi connectivity index (χ4v) is 2.37. The van der Waals surface area contributed by atoms with Crippen LogP contribution in [-0.2, 0) is 0 Å². The summed E-state index contributed by atoms with van der Waals surface area (Å²) in [5.74, 6) is 0.260. The summed E-state index contributed by atoms with van der Waals surface area (Å²) in [6.07, 6.45) is 5.23. The first kappa shape index (κ1) is 15.8. The molecule has 5 heteroatoms. The molecule has 1 heterocycles. The van der Waals surface area contributed by atoms with E-state index in [1.54, 1.807) is 47.5 Å². The lowest BCUT2D eigenvalue weighted by atomic mass is 10.2. The SMILES string of the molecule is O=C(Nc1ccc(OC(=O)N2C=CCCC2)cc1)c1ccccc1. The monoisotopic (exact) mass is 322 g/mol. The van der Waals surface area contributed by atoms with Gasteiger partial charge in [-0.3, -0.25) is 9.69 Å². The Morgan fingerprint density at radius 3 is 2.42 bits per heavy atom. The maximum absolute atomic E-state index is 12.1. The molecule has 0 fully saturated rings. The van der Waals surface area contributed by atoms with Gasteiger partial charge in [-0.1, -0.05) is 24.3 Å². The maximum Gasteiger partial charge on any atom is 0.419 e. The fourth-order valence-electron chi connectivity index (χ4n) is 2.37. The highest BCUT2D eigenvalue weighted by atomic mass is 16.6. The highest BCUT2D eigenvalue weighted by molar-refractivity contribution is 6.04. The molecule has 122 valence electrons. The van der Waals surface area contributed by atoms with Crippen LogP contribution >= 0.6 is 0 Å². The van der Waals surface area contributed by atoms with Gasteiger partial charge in [-0.05, 0) is 49.2 Å². The molecule has 0 atom stereocenters. The lowest BCUT2D eigenvalue weighted by Crippen LogP contribution is -2.31. The molecule has 1 aliphatic rings. The van der Waals surface area contributed by atoms with Crippen LogP contribution in [0.5, 0.6) is 5.75 Å². The van der Waals surface area contributed by atoms with Gasteiger partial charge in [-0.2, -0.15) is 0 Å². The van der Waals surface area contributed by atoms with Crippen LogP contribution in [0.15, 0.2) is 66.9 Å². The smallest absolute Gasteiger partial charge is 0.410 e. The third-order valence-electron chi connectivity index (χ3n) is 3.64. The van der Waals surface area contributed by atoms with Gasteiger partial charge in [-0.25, -0.2) is 4.79 Å². The van der Waals surface area contributed by atoms with Crippen molar-refractivity contribution >= 4 is 17.7 Å². The molecule has 3 rings (SSSR count). The molecule has 1 N–H and O–H groups in total. The van der Waals surface area contributed by atoms with Gasteiger partial charge in [0.15, 0.2) is 0 Å². The average molecular weight is 322 g/mol. The molecule has 0 saturated heterocycles. The summed E-state index contributed by atoms with van der Waals surface area (Å²) in [6, 6.07) is 15.7. The molecule has 0 saturated carbocycles. The van der Waals surface area contributed by atoms with Gasteiger partial charge in [0.1, 0.15) is 5.75 Å². The standard InChI is InChI=1S/C19H18N2O3/c22-18(15-7-3-1-4-8-15)20-16-9-11-17(12-10-16)24-19(23)21-13-5-2-6-14-21/h1,3-5,7-13H,2,6,14H2,(H,20,22). The van der Waals surface area contributed by atoms with Crippen LogP contribution in [0.4, 0.5) is 10.5 Å². The summed E-state index contributed by atoms with van der Waals surface area (Å²) in [5, 5.41) is 2.80. The number of allylic oxidation sites excluding steroid dienone is 1. The zero-order valence-electron chi connectivity index (χ0n) is 13.1. The quantitative estimate of drug-likeness (QED) is 0.927. The van der Waals surface area contributed by atoms with Gasteiger partial charge in [0.2, 0.25) is 0 Å². The minimum absolute atomic E-state index is 0.182. The second-order valence-corrected chi connectivity index (χ2v) is 5.43. The lowest BCUT2D eigenvalue weighted by Gasteiger charge is -2.20. The number of anilines is 1. The van der Waals surface area contributed by atoms with Crippen LogP contribution in [0, 0.1) is 0 Å². The predicted molar refractivity (Wildman–Crippen MR) is 91.9 cm³/mol. The van der Waals surface area contributed by atoms with Crippen LogP contribution in [0.1, 0.15) is 23.2 Å². The maximum atomic E-state index is 12.1. The summed E-state index contributed by atoms with van der Waals surface area (Å²) >= 11 is 0. The van der Waals surface area contributed by atoms with E-state index in [0.717, 1.165) is 12.8 Å². The van der Waals surface area contributed by atoms with E-state index in [-0.39, 0.29) is 5.91 Å². The summed E-state index contributed by atoms with van der Waals surface area (Å²) in [6.45, 7) is 0.667. The molecule has 0 aliphatic carbocycles. The van der Waals surface area contributed by atoms with Crippen molar-refractivity contribution in [1.82, 2.24) is 4.90 Å². The fraction of sp³-hybridized carbons (Fsp3) is 0.158. The molecule has 0 radical (unpaired) electrons. The summed E-state index contributed by atoms with van der Waals surface area (Å²) in [4.78, 5) is 25.6. The number of nitrogens with zero attached hydrogens (tertiary/aromatic N) is 1. The van der Waals surface area contributed by atoms with Gasteiger partial charge < -0.3 is 10.1 Å². The van der Waals surface area contributed by atoms with E-state index >= 15 is 0 Å². The minimum Gasteiger partial charge on any atom is -0.410 e. The Labute approximate surface area is 140 Å². The largest absolute Gasteiger partial charge is 0.419 e. The zero-order chi connectivity index (χ0) is 16.8. The number of nitrogens with one attached hydrogen (secondary N) is 1. The molecule has 2 aromatic carbocycles. The van der Waals surface area contributed by atoms with Gasteiger partial charge in [-0.15, -0.1) is 0 Å². The highest BCUT2D eigenvalue weighted by Crippen LogP contribution is 2.18. The van der Waals surface area contributed by atoms with E-state index < -0.39 is 6.09 Å². The normalized spacial score (nSPS) is 13.4. The Hall–Kier alpha value is -3.08. The van der Waals surface area contributed by atoms with Gasteiger partial charge in [0.25, 0.3) is 5.91 Å². The van der Waals surface area contributed by atoms with E-state index in [4.69, 9.17) is 4.74 Å². The third kappa shape index (κ3) is 4.01. The molecule has 2 amide bonds. The zero-order valence-corrected chi connectivity index (χ0v) is 13.1. The number of carbonyl (C=O) groups is 2. The van der Waals surface area contributed by atoms with Crippen LogP contribution in [0.2, 0.25) is 0 Å². The lowest BCUT2D eigenvalue weighted by molar-refractivity contribution is 0.102. The summed E-state index contributed by atoms with van der Waals surface area (Å²) < 4.78 is 5.32. The number of carbonyl (C=O) groups excluding carboxylic acids is 2. The number of benzene rings is 2. The van der Waals surface area contributed by atoms with Crippen molar-refractivity contribution in [2.24, 2.45) is 0 Å². The van der Waals surface area contributed by atoms with Crippen molar-refractivity contribution < 1.29 is 14.3 Å². The second kappa shape index (κ2) is 7.46. The first-order valence-corrected chi connectivity index (χ1v) is 7.84. The topological polar surface area (TPSA) is 58.6 Å². The predicted octanol–water partition coefficient (Wildman–Crippen LogP) is 4.05. The molecule has 0 aromatic heterocycles. The third-order valence-corrected chi connectivity index (χ3v) is 3.64. The molecular weight excluding hydrogens is 304 g/mol. The number of ether oxygens (including phenoxy) is 1. The summed E-state index contributed by atoms with van der Waals surface area (Å²) in [5.41, 5.74) is 1.23. The molecule has 0 unspecified atom stereocenters. The van der Waals surface area contributed by atoms with Gasteiger partial charge in [0, 0.05) is 24.0 Å². The Bertz CT molecular complexity index is 739. The Morgan fingerprint density at radius 1 is 1.00 bits per heavy atom. The van der Waals surface area contributed by atoms with E-state index in [1.165, 1.54) is 0 Å². The number of amides is 2. The average Bonchev–Trinajstić information content (AvgIpc) is 2.65. The molecule has 5 nitrogen and oxygen atoms in total. The highest BCUT2D eigenvalue weighted by Gasteiger charge is 2.15. The molecule has 1 aliphatic heterocycles. The minimum atomic E-state index is -0.396. The van der Waals surface area contributed by atoms with Crippen molar-refractivity contribution in [1.29, 1.82) is 0 Å². The first-order valence-electron chi connectivity index (χ1n) is 7.84. The molecular formula is C19H18N2O3. The van der Waals surface area contributed by atoms with E-state index in [2.05, 4.69) is 5.32 Å². The Kier molecular flexibility index (Phi) is 4.91. The van der Waals surface area contributed by atoms with Crippen molar-refractivity contribution in [3.05, 3.63) is 72.4 Å². The van der Waals surface area contributed by atoms with Gasteiger partial charge in [0.05, 0.1) is 0 Å². The van der Waals surface area contributed by atoms with E-state index in [0.29, 0.717) is 23.5 Å². The number of hydrogen-bond acceptors (Lipinski definition) is 3. The van der Waals surface area contributed by atoms with Gasteiger partial charge >= 0.3 is 6.09 Å². The molecule has 24 heavy (non-hydrogen) atoms. The van der Waals surface area contributed by atoms with Crippen LogP contribution < -0.4 is 10.1 Å². The number of rotatable bonds is 3. The molecule has 0 spiro atoms. The van der Waals surface area contributed by atoms with E-state index in [1.807, 2.05) is 24.3 Å². The number of hydrogen-bond donors (Lipinski definition) is 1. The van der Waals surface area contributed by atoms with Crippen LogP contribution in [0.25, 0.3) is 0 Å². The Morgan fingerprint density at radius 2 is 1.75 bits per heavy atom. The summed E-state index contributed by atoms with van der Waals surface area (Å²) in [7, 11) is 0. The van der Waals surface area contributed by atoms with E-state index in [9.17, 15) is 9.59 Å². The Balaban J connectivity index is 1.59. The molecule has 0 bridgehead atoms. The van der Waals surface area contributed by atoms with Crippen molar-refractivity contribution in [3.8, 4) is 5.75 Å². The van der Waals surface area contributed by atoms with Crippen molar-refractivity contribution in [2.75, 3.05) is 11.9 Å². The first-order chi connectivity index (χ1) is 11.7.